The first kappa shape index (κ1) is 22.3. The fourth-order valence-electron chi connectivity index (χ4n) is 4.58. The topological polar surface area (TPSA) is 41.6 Å². The van der Waals surface area contributed by atoms with Gasteiger partial charge in [-0.25, -0.2) is 13.2 Å². The summed E-state index contributed by atoms with van der Waals surface area (Å²) in [5.41, 5.74) is 4.71. The SMILES string of the molecule is O=C(NCc1ccc(CN2CCc3cc(OCC4CC4(F)F)ccc3C2)cc1)C1CC(F)C1. The summed E-state index contributed by atoms with van der Waals surface area (Å²) in [6.45, 7) is 3.14. The number of fused-ring (bicyclic) bond motifs is 1. The van der Waals surface area contributed by atoms with Crippen molar-refractivity contribution >= 4 is 5.91 Å². The molecule has 0 spiro atoms. The predicted octanol–water partition coefficient (Wildman–Crippen LogP) is 4.64. The Hall–Kier alpha value is -2.54. The average Bonchev–Trinajstić information content (AvgIpc) is 3.41. The van der Waals surface area contributed by atoms with Crippen molar-refractivity contribution in [3.63, 3.8) is 0 Å². The first-order chi connectivity index (χ1) is 15.9. The number of rotatable bonds is 8. The molecule has 0 aromatic heterocycles. The van der Waals surface area contributed by atoms with E-state index in [0.717, 1.165) is 31.6 Å². The molecule has 3 aliphatic rings. The molecule has 1 heterocycles. The fraction of sp³-hybridized carbons (Fsp3) is 0.500. The third-order valence-electron chi connectivity index (χ3n) is 7.02. The Morgan fingerprint density at radius 1 is 1.09 bits per heavy atom. The Bertz CT molecular complexity index is 1010. The normalized spacial score (nSPS) is 25.6. The predicted molar refractivity (Wildman–Crippen MR) is 119 cm³/mol. The summed E-state index contributed by atoms with van der Waals surface area (Å²) in [7, 11) is 0. The third kappa shape index (κ3) is 5.35. The summed E-state index contributed by atoms with van der Waals surface area (Å²) < 4.78 is 44.5. The Kier molecular flexibility index (Phi) is 6.08. The highest BCUT2D eigenvalue weighted by Crippen LogP contribution is 2.48. The summed E-state index contributed by atoms with van der Waals surface area (Å²) in [5, 5.41) is 2.90. The van der Waals surface area contributed by atoms with Crippen molar-refractivity contribution in [1.82, 2.24) is 10.2 Å². The van der Waals surface area contributed by atoms with E-state index in [1.807, 2.05) is 30.3 Å². The number of amides is 1. The van der Waals surface area contributed by atoms with Crippen LogP contribution in [0.2, 0.25) is 0 Å². The molecule has 1 N–H and O–H groups in total. The van der Waals surface area contributed by atoms with Crippen molar-refractivity contribution < 1.29 is 22.7 Å². The number of hydrogen-bond acceptors (Lipinski definition) is 3. The largest absolute Gasteiger partial charge is 0.493 e. The number of carbonyl (C=O) groups is 1. The zero-order chi connectivity index (χ0) is 23.0. The smallest absolute Gasteiger partial charge is 0.255 e. The maximum atomic E-state index is 13.0. The molecular formula is C26H29F3N2O2. The minimum Gasteiger partial charge on any atom is -0.493 e. The Morgan fingerprint density at radius 3 is 2.52 bits per heavy atom. The minimum absolute atomic E-state index is 0.0565. The van der Waals surface area contributed by atoms with E-state index in [-0.39, 0.29) is 24.9 Å². The molecule has 2 fully saturated rings. The molecule has 1 aliphatic heterocycles. The van der Waals surface area contributed by atoms with Crippen LogP contribution in [0.25, 0.3) is 0 Å². The van der Waals surface area contributed by atoms with Gasteiger partial charge in [0.1, 0.15) is 11.9 Å². The number of carbonyl (C=O) groups excluding carboxylic acids is 1. The summed E-state index contributed by atoms with van der Waals surface area (Å²) in [6, 6.07) is 14.1. The molecule has 7 heteroatoms. The van der Waals surface area contributed by atoms with E-state index < -0.39 is 18.0 Å². The second-order valence-corrected chi connectivity index (χ2v) is 9.66. The van der Waals surface area contributed by atoms with E-state index in [9.17, 15) is 18.0 Å². The van der Waals surface area contributed by atoms with Crippen LogP contribution in [-0.4, -0.2) is 36.1 Å². The van der Waals surface area contributed by atoms with Crippen molar-refractivity contribution in [2.24, 2.45) is 11.8 Å². The van der Waals surface area contributed by atoms with Crippen molar-refractivity contribution in [1.29, 1.82) is 0 Å². The van der Waals surface area contributed by atoms with Gasteiger partial charge < -0.3 is 10.1 Å². The lowest BCUT2D eigenvalue weighted by atomic mass is 9.83. The highest BCUT2D eigenvalue weighted by molar-refractivity contribution is 5.79. The third-order valence-corrected chi connectivity index (χ3v) is 7.02. The van der Waals surface area contributed by atoms with E-state index in [1.54, 1.807) is 0 Å². The number of nitrogens with one attached hydrogen (secondary N) is 1. The lowest BCUT2D eigenvalue weighted by Gasteiger charge is -2.29. The first-order valence-corrected chi connectivity index (χ1v) is 11.7. The van der Waals surface area contributed by atoms with Crippen LogP contribution in [0, 0.1) is 11.8 Å². The maximum Gasteiger partial charge on any atom is 0.255 e. The first-order valence-electron chi connectivity index (χ1n) is 11.7. The molecule has 1 amide bonds. The molecule has 2 aliphatic carbocycles. The quantitative estimate of drug-likeness (QED) is 0.627. The number of halogens is 3. The molecule has 1 unspecified atom stereocenters. The van der Waals surface area contributed by atoms with Crippen molar-refractivity contribution in [3.8, 4) is 5.75 Å². The summed E-state index contributed by atoms with van der Waals surface area (Å²) >= 11 is 0. The average molecular weight is 459 g/mol. The van der Waals surface area contributed by atoms with E-state index in [4.69, 9.17) is 4.74 Å². The molecule has 0 radical (unpaired) electrons. The van der Waals surface area contributed by atoms with Crippen LogP contribution < -0.4 is 10.1 Å². The van der Waals surface area contributed by atoms with Gasteiger partial charge in [-0.3, -0.25) is 9.69 Å². The van der Waals surface area contributed by atoms with Crippen LogP contribution in [0.3, 0.4) is 0 Å². The van der Waals surface area contributed by atoms with Crippen LogP contribution in [0.5, 0.6) is 5.75 Å². The van der Waals surface area contributed by atoms with Crippen molar-refractivity contribution in [3.05, 3.63) is 64.7 Å². The van der Waals surface area contributed by atoms with Crippen LogP contribution in [0.15, 0.2) is 42.5 Å². The summed E-state index contributed by atoms with van der Waals surface area (Å²) in [6.07, 6.45) is 0.705. The van der Waals surface area contributed by atoms with E-state index in [1.165, 1.54) is 16.7 Å². The minimum atomic E-state index is -2.54. The lowest BCUT2D eigenvalue weighted by molar-refractivity contribution is -0.129. The van der Waals surface area contributed by atoms with E-state index in [0.29, 0.717) is 25.1 Å². The molecule has 1 atom stereocenters. The van der Waals surface area contributed by atoms with Crippen molar-refractivity contribution in [2.45, 2.75) is 57.4 Å². The lowest BCUT2D eigenvalue weighted by Crippen LogP contribution is -2.39. The molecule has 2 aromatic rings. The molecule has 4 nitrogen and oxygen atoms in total. The van der Waals surface area contributed by atoms with Crippen LogP contribution >= 0.6 is 0 Å². The Morgan fingerprint density at radius 2 is 1.82 bits per heavy atom. The molecule has 2 saturated carbocycles. The van der Waals surface area contributed by atoms with Gasteiger partial charge in [0, 0.05) is 38.5 Å². The fourth-order valence-corrected chi connectivity index (χ4v) is 4.58. The number of ether oxygens (including phenoxy) is 1. The van der Waals surface area contributed by atoms with Gasteiger partial charge in [-0.2, -0.15) is 0 Å². The number of alkyl halides is 3. The molecular weight excluding hydrogens is 429 g/mol. The van der Waals surface area contributed by atoms with Gasteiger partial charge in [0.2, 0.25) is 5.91 Å². The molecule has 33 heavy (non-hydrogen) atoms. The summed E-state index contributed by atoms with van der Waals surface area (Å²) in [5.74, 6) is -2.74. The second-order valence-electron chi connectivity index (χ2n) is 9.66. The second kappa shape index (κ2) is 9.01. The molecule has 176 valence electrons. The maximum absolute atomic E-state index is 13.0. The Balaban J connectivity index is 1.09. The van der Waals surface area contributed by atoms with Gasteiger partial charge in [0.05, 0.1) is 12.5 Å². The zero-order valence-corrected chi connectivity index (χ0v) is 18.5. The van der Waals surface area contributed by atoms with E-state index >= 15 is 0 Å². The molecule has 2 aromatic carbocycles. The zero-order valence-electron chi connectivity index (χ0n) is 18.5. The summed E-state index contributed by atoms with van der Waals surface area (Å²) in [4.78, 5) is 14.4. The highest BCUT2D eigenvalue weighted by atomic mass is 19.3. The molecule has 0 bridgehead atoms. The highest BCUT2D eigenvalue weighted by Gasteiger charge is 2.57. The molecule has 5 rings (SSSR count). The number of benzene rings is 2. The van der Waals surface area contributed by atoms with Gasteiger partial charge >= 0.3 is 0 Å². The van der Waals surface area contributed by atoms with Gasteiger partial charge in [-0.05, 0) is 53.6 Å². The van der Waals surface area contributed by atoms with Crippen LogP contribution in [0.4, 0.5) is 13.2 Å². The monoisotopic (exact) mass is 458 g/mol. The van der Waals surface area contributed by atoms with Gasteiger partial charge in [-0.15, -0.1) is 0 Å². The standard InChI is InChI=1S/C26H29F3N2O2/c27-23-9-21(10-23)25(32)30-13-17-1-3-18(4-2-17)14-31-8-7-19-11-24(6-5-20(19)15-31)33-16-22-12-26(22,28)29/h1-6,11,21-23H,7-10,12-16H2,(H,30,32). The van der Waals surface area contributed by atoms with Crippen LogP contribution in [-0.2, 0) is 30.8 Å². The van der Waals surface area contributed by atoms with E-state index in [2.05, 4.69) is 22.3 Å². The molecule has 0 saturated heterocycles. The van der Waals surface area contributed by atoms with Gasteiger partial charge in [-0.1, -0.05) is 30.3 Å². The number of nitrogens with zero attached hydrogens (tertiary/aromatic N) is 1. The van der Waals surface area contributed by atoms with Gasteiger partial charge in [0.15, 0.2) is 0 Å². The van der Waals surface area contributed by atoms with Crippen molar-refractivity contribution in [2.75, 3.05) is 13.2 Å². The van der Waals surface area contributed by atoms with Gasteiger partial charge in [0.25, 0.3) is 5.92 Å². The Labute approximate surface area is 192 Å². The number of hydrogen-bond donors (Lipinski definition) is 1. The van der Waals surface area contributed by atoms with Crippen LogP contribution in [0.1, 0.15) is 41.5 Å².